The third kappa shape index (κ3) is 6.19. The highest BCUT2D eigenvalue weighted by molar-refractivity contribution is 7.88. The summed E-state index contributed by atoms with van der Waals surface area (Å²) in [5.41, 5.74) is -0.216. The molecule has 26 heavy (non-hydrogen) atoms. The molecule has 142 valence electrons. The van der Waals surface area contributed by atoms with Crippen molar-refractivity contribution in [3.8, 4) is 0 Å². The van der Waals surface area contributed by atoms with Crippen LogP contribution in [0.3, 0.4) is 0 Å². The van der Waals surface area contributed by atoms with Gasteiger partial charge in [-0.25, -0.2) is 31.9 Å². The molecule has 2 rings (SSSR count). The Kier molecular flexibility index (Phi) is 6.81. The van der Waals surface area contributed by atoms with Gasteiger partial charge in [0.05, 0.1) is 5.75 Å². The molecular formula is C16H21F2N5O2S. The highest BCUT2D eigenvalue weighted by Crippen LogP contribution is 2.13. The minimum atomic E-state index is -3.80. The third-order valence-electron chi connectivity index (χ3n) is 3.30. The van der Waals surface area contributed by atoms with Crippen molar-refractivity contribution in [2.45, 2.75) is 19.6 Å². The Morgan fingerprint density at radius 2 is 1.73 bits per heavy atom. The number of anilines is 2. The highest BCUT2D eigenvalue weighted by atomic mass is 32.2. The normalized spacial score (nSPS) is 11.4. The van der Waals surface area contributed by atoms with Crippen molar-refractivity contribution >= 4 is 21.7 Å². The van der Waals surface area contributed by atoms with E-state index in [0.717, 1.165) is 18.2 Å². The largest absolute Gasteiger partial charge is 0.370 e. The Morgan fingerprint density at radius 3 is 2.42 bits per heavy atom. The lowest BCUT2D eigenvalue weighted by atomic mass is 10.2. The molecule has 7 nitrogen and oxygen atoms in total. The van der Waals surface area contributed by atoms with Crippen LogP contribution in [0.1, 0.15) is 18.3 Å². The van der Waals surface area contributed by atoms with Crippen LogP contribution in [-0.4, -0.2) is 38.0 Å². The van der Waals surface area contributed by atoms with Gasteiger partial charge in [0.15, 0.2) is 0 Å². The first-order valence-electron chi connectivity index (χ1n) is 8.04. The molecule has 1 heterocycles. The van der Waals surface area contributed by atoms with Crippen LogP contribution in [0, 0.1) is 18.6 Å². The summed E-state index contributed by atoms with van der Waals surface area (Å²) in [6, 6.07) is 4.43. The molecule has 0 aliphatic rings. The Bertz CT molecular complexity index is 862. The Hall–Kier alpha value is -2.33. The van der Waals surface area contributed by atoms with Crippen LogP contribution in [-0.2, 0) is 15.8 Å². The minimum Gasteiger partial charge on any atom is -0.370 e. The summed E-state index contributed by atoms with van der Waals surface area (Å²) in [6.45, 7) is 4.75. The van der Waals surface area contributed by atoms with Crippen molar-refractivity contribution in [2.24, 2.45) is 0 Å². The fourth-order valence-corrected chi connectivity index (χ4v) is 3.38. The van der Waals surface area contributed by atoms with Gasteiger partial charge in [0.25, 0.3) is 0 Å². The van der Waals surface area contributed by atoms with E-state index in [1.54, 1.807) is 13.0 Å². The lowest BCUT2D eigenvalue weighted by molar-refractivity contribution is 0.571. The lowest BCUT2D eigenvalue weighted by Crippen LogP contribution is -2.30. The Balaban J connectivity index is 1.88. The van der Waals surface area contributed by atoms with E-state index < -0.39 is 27.4 Å². The molecule has 1 aromatic carbocycles. The van der Waals surface area contributed by atoms with Crippen LogP contribution in [0.4, 0.5) is 20.4 Å². The summed E-state index contributed by atoms with van der Waals surface area (Å²) in [7, 11) is -3.80. The standard InChI is InChI=1S/C16H21F2N5O2S/c1-3-19-15-9-16(23-11(2)22-15)20-6-7-21-26(24,25)10-12-8-13(17)4-5-14(12)18/h4-5,8-9,21H,3,6-7,10H2,1-2H3,(H2,19,20,22,23). The maximum atomic E-state index is 13.6. The van der Waals surface area contributed by atoms with Crippen LogP contribution in [0.5, 0.6) is 0 Å². The van der Waals surface area contributed by atoms with E-state index in [2.05, 4.69) is 25.3 Å². The predicted octanol–water partition coefficient (Wildman–Crippen LogP) is 2.03. The van der Waals surface area contributed by atoms with Crippen molar-refractivity contribution in [3.05, 3.63) is 47.3 Å². The van der Waals surface area contributed by atoms with Crippen molar-refractivity contribution in [1.82, 2.24) is 14.7 Å². The van der Waals surface area contributed by atoms with Gasteiger partial charge >= 0.3 is 0 Å². The van der Waals surface area contributed by atoms with Crippen LogP contribution in [0.25, 0.3) is 0 Å². The smallest absolute Gasteiger partial charge is 0.215 e. The third-order valence-corrected chi connectivity index (χ3v) is 4.64. The average Bonchev–Trinajstić information content (AvgIpc) is 2.55. The highest BCUT2D eigenvalue weighted by Gasteiger charge is 2.15. The molecule has 0 radical (unpaired) electrons. The van der Waals surface area contributed by atoms with E-state index in [9.17, 15) is 17.2 Å². The number of nitrogens with one attached hydrogen (secondary N) is 3. The number of halogens is 2. The maximum absolute atomic E-state index is 13.6. The summed E-state index contributed by atoms with van der Waals surface area (Å²) in [5.74, 6) is -0.272. The van der Waals surface area contributed by atoms with Gasteiger partial charge in [-0.3, -0.25) is 0 Å². The second-order valence-electron chi connectivity index (χ2n) is 5.53. The number of hydrogen-bond donors (Lipinski definition) is 3. The summed E-state index contributed by atoms with van der Waals surface area (Å²) in [6.07, 6.45) is 0. The monoisotopic (exact) mass is 385 g/mol. The van der Waals surface area contributed by atoms with Crippen molar-refractivity contribution in [2.75, 3.05) is 30.3 Å². The molecule has 1 aromatic heterocycles. The zero-order chi connectivity index (χ0) is 19.2. The molecule has 0 bridgehead atoms. The molecule has 0 saturated carbocycles. The molecule has 0 atom stereocenters. The lowest BCUT2D eigenvalue weighted by Gasteiger charge is -2.10. The summed E-state index contributed by atoms with van der Waals surface area (Å²) >= 11 is 0. The van der Waals surface area contributed by atoms with Gasteiger partial charge in [-0.15, -0.1) is 0 Å². The van der Waals surface area contributed by atoms with Crippen LogP contribution in [0.2, 0.25) is 0 Å². The zero-order valence-corrected chi connectivity index (χ0v) is 15.3. The minimum absolute atomic E-state index is 0.0683. The number of sulfonamides is 1. The Morgan fingerprint density at radius 1 is 1.04 bits per heavy atom. The second-order valence-corrected chi connectivity index (χ2v) is 7.34. The predicted molar refractivity (Wildman–Crippen MR) is 96.4 cm³/mol. The molecule has 0 unspecified atom stereocenters. The first-order chi connectivity index (χ1) is 12.3. The number of hydrogen-bond acceptors (Lipinski definition) is 6. The van der Waals surface area contributed by atoms with Crippen LogP contribution < -0.4 is 15.4 Å². The maximum Gasteiger partial charge on any atom is 0.215 e. The van der Waals surface area contributed by atoms with Gasteiger partial charge < -0.3 is 10.6 Å². The SMILES string of the molecule is CCNc1cc(NCCNS(=O)(=O)Cc2cc(F)ccc2F)nc(C)n1. The Labute approximate surface area is 151 Å². The molecular weight excluding hydrogens is 364 g/mol. The summed E-state index contributed by atoms with van der Waals surface area (Å²) in [5, 5.41) is 6.06. The van der Waals surface area contributed by atoms with E-state index >= 15 is 0 Å². The zero-order valence-electron chi connectivity index (χ0n) is 14.5. The van der Waals surface area contributed by atoms with E-state index in [-0.39, 0.29) is 18.7 Å². The summed E-state index contributed by atoms with van der Waals surface area (Å²) in [4.78, 5) is 8.42. The van der Waals surface area contributed by atoms with Crippen molar-refractivity contribution < 1.29 is 17.2 Å². The van der Waals surface area contributed by atoms with E-state index in [4.69, 9.17) is 0 Å². The first-order valence-corrected chi connectivity index (χ1v) is 9.69. The van der Waals surface area contributed by atoms with Crippen molar-refractivity contribution in [3.63, 3.8) is 0 Å². The molecule has 0 aliphatic carbocycles. The van der Waals surface area contributed by atoms with E-state index in [0.29, 0.717) is 24.0 Å². The van der Waals surface area contributed by atoms with Crippen LogP contribution >= 0.6 is 0 Å². The quantitative estimate of drug-likeness (QED) is 0.572. The molecule has 0 aliphatic heterocycles. The number of aromatic nitrogens is 2. The molecule has 2 aromatic rings. The van der Waals surface area contributed by atoms with E-state index in [1.165, 1.54) is 0 Å². The van der Waals surface area contributed by atoms with Gasteiger partial charge in [-0.1, -0.05) is 0 Å². The fraction of sp³-hybridized carbons (Fsp3) is 0.375. The molecule has 0 amide bonds. The fourth-order valence-electron chi connectivity index (χ4n) is 2.24. The number of aryl methyl sites for hydroxylation is 1. The van der Waals surface area contributed by atoms with E-state index in [1.807, 2.05) is 6.92 Å². The molecule has 3 N–H and O–H groups in total. The molecule has 10 heteroatoms. The second kappa shape index (κ2) is 8.86. The first kappa shape index (κ1) is 20.0. The van der Waals surface area contributed by atoms with Crippen LogP contribution in [0.15, 0.2) is 24.3 Å². The average molecular weight is 385 g/mol. The van der Waals surface area contributed by atoms with Gasteiger partial charge in [-0.05, 0) is 32.0 Å². The molecule has 0 fully saturated rings. The van der Waals surface area contributed by atoms with Gasteiger partial charge in [0.1, 0.15) is 29.1 Å². The molecule has 0 saturated heterocycles. The van der Waals surface area contributed by atoms with Gasteiger partial charge in [0.2, 0.25) is 10.0 Å². The van der Waals surface area contributed by atoms with Gasteiger partial charge in [0, 0.05) is 31.3 Å². The number of nitrogens with zero attached hydrogens (tertiary/aromatic N) is 2. The topological polar surface area (TPSA) is 96.0 Å². The summed E-state index contributed by atoms with van der Waals surface area (Å²) < 4.78 is 53.0. The van der Waals surface area contributed by atoms with Gasteiger partial charge in [-0.2, -0.15) is 0 Å². The number of benzene rings is 1. The number of rotatable bonds is 9. The molecule has 0 spiro atoms. The van der Waals surface area contributed by atoms with Crippen molar-refractivity contribution in [1.29, 1.82) is 0 Å².